The standard InChI is InChI=1S/C11H22N2O3/c1-7(2)13-9(14)8(3)12-6-11(4,5)10(15)16/h7-8,12H,6H2,1-5H3,(H,13,14)(H,15,16). The van der Waals surface area contributed by atoms with E-state index in [2.05, 4.69) is 10.6 Å². The van der Waals surface area contributed by atoms with Crippen LogP contribution < -0.4 is 10.6 Å². The molecule has 3 N–H and O–H groups in total. The molecule has 1 amide bonds. The molecule has 16 heavy (non-hydrogen) atoms. The summed E-state index contributed by atoms with van der Waals surface area (Å²) < 4.78 is 0. The Morgan fingerprint density at radius 2 is 1.75 bits per heavy atom. The zero-order valence-corrected chi connectivity index (χ0v) is 10.6. The van der Waals surface area contributed by atoms with Gasteiger partial charge in [0.25, 0.3) is 0 Å². The van der Waals surface area contributed by atoms with Gasteiger partial charge in [0.15, 0.2) is 0 Å². The Labute approximate surface area is 96.6 Å². The lowest BCUT2D eigenvalue weighted by Crippen LogP contribution is -2.48. The number of rotatable bonds is 6. The van der Waals surface area contributed by atoms with Crippen molar-refractivity contribution in [1.29, 1.82) is 0 Å². The van der Waals surface area contributed by atoms with Gasteiger partial charge >= 0.3 is 5.97 Å². The minimum absolute atomic E-state index is 0.0873. The molecule has 0 heterocycles. The molecule has 5 heteroatoms. The lowest BCUT2D eigenvalue weighted by atomic mass is 9.93. The third-order valence-electron chi connectivity index (χ3n) is 2.25. The van der Waals surface area contributed by atoms with Crippen LogP contribution in [0.3, 0.4) is 0 Å². The first-order chi connectivity index (χ1) is 7.16. The molecule has 0 aliphatic heterocycles. The van der Waals surface area contributed by atoms with Crippen LogP contribution in [0.2, 0.25) is 0 Å². The molecule has 0 spiro atoms. The molecule has 0 aromatic heterocycles. The largest absolute Gasteiger partial charge is 0.481 e. The summed E-state index contributed by atoms with van der Waals surface area (Å²) in [5.74, 6) is -0.993. The lowest BCUT2D eigenvalue weighted by molar-refractivity contribution is -0.147. The normalized spacial score (nSPS) is 13.6. The van der Waals surface area contributed by atoms with Crippen LogP contribution in [0.1, 0.15) is 34.6 Å². The molecule has 1 unspecified atom stereocenters. The van der Waals surface area contributed by atoms with E-state index in [0.29, 0.717) is 0 Å². The van der Waals surface area contributed by atoms with E-state index in [1.807, 2.05) is 13.8 Å². The maximum Gasteiger partial charge on any atom is 0.310 e. The Hall–Kier alpha value is -1.10. The second kappa shape index (κ2) is 5.84. The van der Waals surface area contributed by atoms with Crippen molar-refractivity contribution in [2.75, 3.05) is 6.54 Å². The minimum Gasteiger partial charge on any atom is -0.481 e. The number of carboxylic acids is 1. The number of nitrogens with one attached hydrogen (secondary N) is 2. The Morgan fingerprint density at radius 1 is 1.25 bits per heavy atom. The van der Waals surface area contributed by atoms with Gasteiger partial charge < -0.3 is 15.7 Å². The highest BCUT2D eigenvalue weighted by Crippen LogP contribution is 2.13. The summed E-state index contributed by atoms with van der Waals surface area (Å²) in [6, 6.07) is -0.301. The van der Waals surface area contributed by atoms with E-state index in [0.717, 1.165) is 0 Å². The van der Waals surface area contributed by atoms with Gasteiger partial charge in [0.2, 0.25) is 5.91 Å². The fourth-order valence-electron chi connectivity index (χ4n) is 0.986. The number of carbonyl (C=O) groups is 2. The van der Waals surface area contributed by atoms with Crippen molar-refractivity contribution in [2.45, 2.75) is 46.7 Å². The fourth-order valence-corrected chi connectivity index (χ4v) is 0.986. The van der Waals surface area contributed by atoms with Gasteiger partial charge in [-0.2, -0.15) is 0 Å². The Balaban J connectivity index is 4.12. The predicted molar refractivity (Wildman–Crippen MR) is 62.2 cm³/mol. The molecule has 1 atom stereocenters. The molecule has 0 aliphatic rings. The number of amides is 1. The second-order valence-corrected chi connectivity index (χ2v) is 4.95. The third kappa shape index (κ3) is 5.11. The molecule has 0 aromatic carbocycles. The molecule has 0 aliphatic carbocycles. The molecule has 0 fully saturated rings. The van der Waals surface area contributed by atoms with Gasteiger partial charge in [-0.15, -0.1) is 0 Å². The Kier molecular flexibility index (Phi) is 5.44. The van der Waals surface area contributed by atoms with Crippen molar-refractivity contribution in [2.24, 2.45) is 5.41 Å². The lowest BCUT2D eigenvalue weighted by Gasteiger charge is -2.23. The van der Waals surface area contributed by atoms with Crippen molar-refractivity contribution >= 4 is 11.9 Å². The molecule has 0 aromatic rings. The number of carboxylic acid groups (broad SMARTS) is 1. The van der Waals surface area contributed by atoms with Crippen molar-refractivity contribution in [3.63, 3.8) is 0 Å². The number of hydrogen-bond acceptors (Lipinski definition) is 3. The highest BCUT2D eigenvalue weighted by molar-refractivity contribution is 5.81. The summed E-state index contributed by atoms with van der Waals surface area (Å²) in [6.45, 7) is 8.98. The Morgan fingerprint density at radius 3 is 2.12 bits per heavy atom. The van der Waals surface area contributed by atoms with Gasteiger partial charge in [-0.3, -0.25) is 9.59 Å². The number of hydrogen-bond donors (Lipinski definition) is 3. The SMILES string of the molecule is CC(C)NC(=O)C(C)NCC(C)(C)C(=O)O. The quantitative estimate of drug-likeness (QED) is 0.624. The summed E-state index contributed by atoms with van der Waals surface area (Å²) in [4.78, 5) is 22.4. The van der Waals surface area contributed by atoms with Crippen LogP contribution in [0.4, 0.5) is 0 Å². The van der Waals surface area contributed by atoms with Crippen LogP contribution in [-0.4, -0.2) is 35.6 Å². The number of aliphatic carboxylic acids is 1. The molecule has 0 bridgehead atoms. The average molecular weight is 230 g/mol. The summed E-state index contributed by atoms with van der Waals surface area (Å²) in [5, 5.41) is 14.6. The van der Waals surface area contributed by atoms with Crippen LogP contribution in [0.5, 0.6) is 0 Å². The van der Waals surface area contributed by atoms with Crippen molar-refractivity contribution in [3.05, 3.63) is 0 Å². The van der Waals surface area contributed by atoms with Gasteiger partial charge in [-0.1, -0.05) is 0 Å². The summed E-state index contributed by atoms with van der Waals surface area (Å²) in [7, 11) is 0. The highest BCUT2D eigenvalue weighted by atomic mass is 16.4. The van der Waals surface area contributed by atoms with E-state index in [4.69, 9.17) is 5.11 Å². The summed E-state index contributed by atoms with van der Waals surface area (Å²) in [6.07, 6.45) is 0. The maximum atomic E-state index is 11.5. The third-order valence-corrected chi connectivity index (χ3v) is 2.25. The van der Waals surface area contributed by atoms with E-state index in [-0.39, 0.29) is 24.5 Å². The van der Waals surface area contributed by atoms with Crippen LogP contribution in [-0.2, 0) is 9.59 Å². The summed E-state index contributed by atoms with van der Waals surface area (Å²) in [5.41, 5.74) is -0.869. The average Bonchev–Trinajstić information content (AvgIpc) is 2.12. The smallest absolute Gasteiger partial charge is 0.310 e. The minimum atomic E-state index is -0.878. The van der Waals surface area contributed by atoms with Crippen LogP contribution >= 0.6 is 0 Å². The molecule has 0 saturated carbocycles. The maximum absolute atomic E-state index is 11.5. The second-order valence-electron chi connectivity index (χ2n) is 4.95. The first-order valence-corrected chi connectivity index (χ1v) is 5.44. The first-order valence-electron chi connectivity index (χ1n) is 5.44. The first kappa shape index (κ1) is 14.9. The van der Waals surface area contributed by atoms with E-state index in [1.54, 1.807) is 20.8 Å². The van der Waals surface area contributed by atoms with Crippen LogP contribution in [0.25, 0.3) is 0 Å². The Bertz CT molecular complexity index is 262. The fraction of sp³-hybridized carbons (Fsp3) is 0.818. The molecule has 5 nitrogen and oxygen atoms in total. The molecular weight excluding hydrogens is 208 g/mol. The zero-order chi connectivity index (χ0) is 12.9. The van der Waals surface area contributed by atoms with Crippen molar-refractivity contribution < 1.29 is 14.7 Å². The van der Waals surface area contributed by atoms with E-state index in [9.17, 15) is 9.59 Å². The number of carbonyl (C=O) groups excluding carboxylic acids is 1. The molecular formula is C11H22N2O3. The van der Waals surface area contributed by atoms with Crippen molar-refractivity contribution in [1.82, 2.24) is 10.6 Å². The monoisotopic (exact) mass is 230 g/mol. The van der Waals surface area contributed by atoms with E-state index < -0.39 is 11.4 Å². The van der Waals surface area contributed by atoms with Gasteiger partial charge in [-0.05, 0) is 34.6 Å². The summed E-state index contributed by atoms with van der Waals surface area (Å²) >= 11 is 0. The van der Waals surface area contributed by atoms with Gasteiger partial charge in [0.1, 0.15) is 0 Å². The molecule has 94 valence electrons. The highest BCUT2D eigenvalue weighted by Gasteiger charge is 2.28. The molecule has 0 saturated heterocycles. The van der Waals surface area contributed by atoms with Crippen LogP contribution in [0, 0.1) is 5.41 Å². The van der Waals surface area contributed by atoms with E-state index >= 15 is 0 Å². The predicted octanol–water partition coefficient (Wildman–Crippen LogP) is 0.600. The van der Waals surface area contributed by atoms with E-state index in [1.165, 1.54) is 0 Å². The molecule has 0 radical (unpaired) electrons. The van der Waals surface area contributed by atoms with Gasteiger partial charge in [-0.25, -0.2) is 0 Å². The molecule has 0 rings (SSSR count). The van der Waals surface area contributed by atoms with Gasteiger partial charge in [0.05, 0.1) is 11.5 Å². The van der Waals surface area contributed by atoms with Crippen LogP contribution in [0.15, 0.2) is 0 Å². The topological polar surface area (TPSA) is 78.4 Å². The van der Waals surface area contributed by atoms with Crippen molar-refractivity contribution in [3.8, 4) is 0 Å². The zero-order valence-electron chi connectivity index (χ0n) is 10.6. The van der Waals surface area contributed by atoms with Gasteiger partial charge in [0, 0.05) is 12.6 Å².